The van der Waals surface area contributed by atoms with Crippen LogP contribution in [-0.2, 0) is 11.3 Å². The molecule has 0 radical (unpaired) electrons. The molecule has 20 heavy (non-hydrogen) atoms. The summed E-state index contributed by atoms with van der Waals surface area (Å²) in [5.74, 6) is 0.256. The van der Waals surface area contributed by atoms with Crippen LogP contribution in [0.4, 0.5) is 0 Å². The molecule has 2 nitrogen and oxygen atoms in total. The molecule has 0 atom stereocenters. The Hall–Kier alpha value is -1.57. The highest BCUT2D eigenvalue weighted by Crippen LogP contribution is 2.20. The van der Waals surface area contributed by atoms with Gasteiger partial charge in [-0.2, -0.15) is 0 Å². The summed E-state index contributed by atoms with van der Waals surface area (Å²) in [5.41, 5.74) is 2.47. The zero-order chi connectivity index (χ0) is 14.2. The summed E-state index contributed by atoms with van der Waals surface area (Å²) in [6, 6.07) is 8.27. The van der Waals surface area contributed by atoms with Crippen molar-refractivity contribution < 1.29 is 4.79 Å². The SMILES string of the molecule is CCCCCCCCC(=O)N1C=Cc2ccccc2C1. The van der Waals surface area contributed by atoms with Gasteiger partial charge in [0.05, 0.1) is 6.54 Å². The summed E-state index contributed by atoms with van der Waals surface area (Å²) >= 11 is 0. The summed E-state index contributed by atoms with van der Waals surface area (Å²) in [5, 5.41) is 0. The first-order valence-electron chi connectivity index (χ1n) is 7.87. The summed E-state index contributed by atoms with van der Waals surface area (Å²) < 4.78 is 0. The standard InChI is InChI=1S/C18H25NO/c1-2-3-4-5-6-7-12-18(20)19-14-13-16-10-8-9-11-17(16)15-19/h8-11,13-14H,2-7,12,15H2,1H3. The van der Waals surface area contributed by atoms with E-state index in [1.807, 2.05) is 29.3 Å². The fourth-order valence-corrected chi connectivity index (χ4v) is 2.62. The third-order valence-corrected chi connectivity index (χ3v) is 3.89. The third-order valence-electron chi connectivity index (χ3n) is 3.89. The monoisotopic (exact) mass is 271 g/mol. The first-order chi connectivity index (χ1) is 9.81. The molecule has 0 aromatic heterocycles. The molecule has 0 fully saturated rings. The molecule has 0 saturated heterocycles. The van der Waals surface area contributed by atoms with Gasteiger partial charge >= 0.3 is 0 Å². The number of unbranched alkanes of at least 4 members (excludes halogenated alkanes) is 5. The molecule has 1 heterocycles. The molecule has 1 aliphatic rings. The maximum absolute atomic E-state index is 12.2. The minimum Gasteiger partial charge on any atom is -0.315 e. The second kappa shape index (κ2) is 7.88. The maximum atomic E-state index is 12.2. The quantitative estimate of drug-likeness (QED) is 0.655. The molecule has 0 saturated carbocycles. The van der Waals surface area contributed by atoms with E-state index in [9.17, 15) is 4.79 Å². The summed E-state index contributed by atoms with van der Waals surface area (Å²) in [4.78, 5) is 14.0. The lowest BCUT2D eigenvalue weighted by Crippen LogP contribution is -2.27. The first kappa shape index (κ1) is 14.8. The Balaban J connectivity index is 1.72. The summed E-state index contributed by atoms with van der Waals surface area (Å²) in [6.07, 6.45) is 12.0. The van der Waals surface area contributed by atoms with E-state index >= 15 is 0 Å². The van der Waals surface area contributed by atoms with Crippen LogP contribution in [0.5, 0.6) is 0 Å². The van der Waals surface area contributed by atoms with E-state index in [0.717, 1.165) is 13.0 Å². The summed E-state index contributed by atoms with van der Waals surface area (Å²) in [7, 11) is 0. The van der Waals surface area contributed by atoms with E-state index in [-0.39, 0.29) is 5.91 Å². The van der Waals surface area contributed by atoms with E-state index in [1.165, 1.54) is 43.2 Å². The van der Waals surface area contributed by atoms with Crippen molar-refractivity contribution in [3.8, 4) is 0 Å². The lowest BCUT2D eigenvalue weighted by atomic mass is 10.0. The normalized spacial score (nSPS) is 13.3. The Labute approximate surface area is 122 Å². The molecule has 1 amide bonds. The van der Waals surface area contributed by atoms with Crippen molar-refractivity contribution in [2.45, 2.75) is 58.4 Å². The van der Waals surface area contributed by atoms with Gasteiger partial charge in [-0.15, -0.1) is 0 Å². The number of nitrogens with zero attached hydrogens (tertiary/aromatic N) is 1. The molecule has 2 heteroatoms. The predicted molar refractivity (Wildman–Crippen MR) is 84.0 cm³/mol. The molecule has 1 aromatic carbocycles. The highest BCUT2D eigenvalue weighted by atomic mass is 16.2. The molecule has 1 aromatic rings. The third kappa shape index (κ3) is 4.22. The lowest BCUT2D eigenvalue weighted by Gasteiger charge is -2.23. The minimum atomic E-state index is 0.256. The van der Waals surface area contributed by atoms with Crippen molar-refractivity contribution in [3.63, 3.8) is 0 Å². The molecule has 108 valence electrons. The van der Waals surface area contributed by atoms with Crippen molar-refractivity contribution in [2.75, 3.05) is 0 Å². The molecule has 0 N–H and O–H groups in total. The average Bonchev–Trinajstić information content (AvgIpc) is 2.50. The van der Waals surface area contributed by atoms with Gasteiger partial charge in [0.2, 0.25) is 5.91 Å². The smallest absolute Gasteiger partial charge is 0.226 e. The van der Waals surface area contributed by atoms with Gasteiger partial charge in [0.15, 0.2) is 0 Å². The number of hydrogen-bond donors (Lipinski definition) is 0. The Bertz CT molecular complexity index is 464. The van der Waals surface area contributed by atoms with Crippen molar-refractivity contribution in [1.29, 1.82) is 0 Å². The van der Waals surface area contributed by atoms with E-state index < -0.39 is 0 Å². The molecule has 2 rings (SSSR count). The highest BCUT2D eigenvalue weighted by Gasteiger charge is 2.15. The van der Waals surface area contributed by atoms with Gasteiger partial charge in [0, 0.05) is 12.6 Å². The van der Waals surface area contributed by atoms with Gasteiger partial charge < -0.3 is 4.90 Å². The minimum absolute atomic E-state index is 0.256. The van der Waals surface area contributed by atoms with Gasteiger partial charge in [-0.25, -0.2) is 0 Å². The average molecular weight is 271 g/mol. The van der Waals surface area contributed by atoms with Crippen molar-refractivity contribution in [2.24, 2.45) is 0 Å². The topological polar surface area (TPSA) is 20.3 Å². The number of carbonyl (C=O) groups excluding carboxylic acids is 1. The molecular weight excluding hydrogens is 246 g/mol. The Kier molecular flexibility index (Phi) is 5.85. The number of carbonyl (C=O) groups is 1. The lowest BCUT2D eigenvalue weighted by molar-refractivity contribution is -0.129. The molecule has 0 unspecified atom stereocenters. The number of benzene rings is 1. The van der Waals surface area contributed by atoms with Crippen molar-refractivity contribution >= 4 is 12.0 Å². The van der Waals surface area contributed by atoms with E-state index in [2.05, 4.69) is 19.1 Å². The number of hydrogen-bond acceptors (Lipinski definition) is 1. The van der Waals surface area contributed by atoms with Crippen molar-refractivity contribution in [1.82, 2.24) is 4.90 Å². The van der Waals surface area contributed by atoms with E-state index in [1.54, 1.807) is 0 Å². The predicted octanol–water partition coefficient (Wildman–Crippen LogP) is 4.75. The second-order valence-electron chi connectivity index (χ2n) is 5.55. The number of rotatable bonds is 7. The molecule has 1 aliphatic heterocycles. The van der Waals surface area contributed by atoms with E-state index in [4.69, 9.17) is 0 Å². The van der Waals surface area contributed by atoms with Crippen LogP contribution in [0.2, 0.25) is 0 Å². The fraction of sp³-hybridized carbons (Fsp3) is 0.500. The Morgan fingerprint density at radius 1 is 1.10 bits per heavy atom. The molecule has 0 bridgehead atoms. The van der Waals surface area contributed by atoms with Crippen LogP contribution in [-0.4, -0.2) is 10.8 Å². The maximum Gasteiger partial charge on any atom is 0.226 e. The van der Waals surface area contributed by atoms with Crippen LogP contribution in [0.3, 0.4) is 0 Å². The molecule has 0 spiro atoms. The van der Waals surface area contributed by atoms with Gasteiger partial charge in [0.25, 0.3) is 0 Å². The van der Waals surface area contributed by atoms with Crippen LogP contribution in [0.25, 0.3) is 6.08 Å². The first-order valence-corrected chi connectivity index (χ1v) is 7.87. The second-order valence-corrected chi connectivity index (χ2v) is 5.55. The zero-order valence-electron chi connectivity index (χ0n) is 12.5. The fourth-order valence-electron chi connectivity index (χ4n) is 2.62. The van der Waals surface area contributed by atoms with Crippen molar-refractivity contribution in [3.05, 3.63) is 41.6 Å². The van der Waals surface area contributed by atoms with Gasteiger partial charge in [-0.05, 0) is 23.6 Å². The summed E-state index contributed by atoms with van der Waals surface area (Å²) in [6.45, 7) is 2.95. The molecule has 0 aliphatic carbocycles. The van der Waals surface area contributed by atoms with Gasteiger partial charge in [-0.1, -0.05) is 63.3 Å². The zero-order valence-corrected chi connectivity index (χ0v) is 12.5. The molecular formula is C18H25NO. The van der Waals surface area contributed by atoms with Crippen LogP contribution < -0.4 is 0 Å². The number of fused-ring (bicyclic) bond motifs is 1. The Morgan fingerprint density at radius 3 is 2.70 bits per heavy atom. The van der Waals surface area contributed by atoms with E-state index in [0.29, 0.717) is 6.42 Å². The van der Waals surface area contributed by atoms with Crippen LogP contribution in [0.1, 0.15) is 63.0 Å². The van der Waals surface area contributed by atoms with Crippen LogP contribution in [0.15, 0.2) is 30.5 Å². The largest absolute Gasteiger partial charge is 0.315 e. The number of amides is 1. The van der Waals surface area contributed by atoms with Crippen LogP contribution >= 0.6 is 0 Å². The Morgan fingerprint density at radius 2 is 1.85 bits per heavy atom. The van der Waals surface area contributed by atoms with Gasteiger partial charge in [0.1, 0.15) is 0 Å². The highest BCUT2D eigenvalue weighted by molar-refractivity contribution is 5.79. The van der Waals surface area contributed by atoms with Gasteiger partial charge in [-0.3, -0.25) is 4.79 Å². The van der Waals surface area contributed by atoms with Crippen LogP contribution in [0, 0.1) is 0 Å².